The lowest BCUT2D eigenvalue weighted by molar-refractivity contribution is 0.0956. The fraction of sp³-hybridized carbons (Fsp3) is 0.316. The number of fused-ring (bicyclic) bond motifs is 1. The van der Waals surface area contributed by atoms with Crippen molar-refractivity contribution in [2.45, 2.75) is 12.8 Å². The Morgan fingerprint density at radius 2 is 1.96 bits per heavy atom. The second kappa shape index (κ2) is 6.84. The smallest absolute Gasteiger partial charge is 0.246 e. The fourth-order valence-corrected chi connectivity index (χ4v) is 3.26. The molecule has 1 fully saturated rings. The van der Waals surface area contributed by atoms with Gasteiger partial charge < -0.3 is 14.6 Å². The van der Waals surface area contributed by atoms with E-state index in [1.54, 1.807) is 12.1 Å². The normalized spacial score (nSPS) is 17.3. The Morgan fingerprint density at radius 3 is 2.73 bits per heavy atom. The minimum Gasteiger partial charge on any atom is -0.432 e. The van der Waals surface area contributed by atoms with Crippen LogP contribution in [0.3, 0.4) is 0 Å². The average Bonchev–Trinajstić information content (AvgIpc) is 3.29. The third kappa shape index (κ3) is 3.06. The predicted molar refractivity (Wildman–Crippen MR) is 92.3 cm³/mol. The molecule has 2 aliphatic rings. The number of nitrogens with one attached hydrogen (secondary N) is 1. The summed E-state index contributed by atoms with van der Waals surface area (Å²) in [6.07, 6.45) is 3.63. The van der Waals surface area contributed by atoms with E-state index >= 15 is 0 Å². The maximum absolute atomic E-state index is 13.9. The van der Waals surface area contributed by atoms with Crippen molar-refractivity contribution in [1.82, 2.24) is 15.2 Å². The van der Waals surface area contributed by atoms with Gasteiger partial charge in [-0.1, -0.05) is 12.1 Å². The molecule has 0 radical (unpaired) electrons. The number of Topliss-reactive ketones (excluding diaryl/α,β-unsaturated/α-hetero) is 1. The molecule has 1 N–H and O–H groups in total. The molecule has 2 heterocycles. The van der Waals surface area contributed by atoms with E-state index in [0.29, 0.717) is 6.54 Å². The molecular formula is C19H18FN3O3. The second-order valence-corrected chi connectivity index (χ2v) is 6.40. The summed E-state index contributed by atoms with van der Waals surface area (Å²) in [6, 6.07) is 5.94. The van der Waals surface area contributed by atoms with E-state index in [-0.39, 0.29) is 28.6 Å². The highest BCUT2D eigenvalue weighted by Crippen LogP contribution is 2.28. The van der Waals surface area contributed by atoms with Crippen molar-refractivity contribution in [3.63, 3.8) is 0 Å². The molecule has 1 aromatic carbocycles. The zero-order chi connectivity index (χ0) is 18.1. The van der Waals surface area contributed by atoms with E-state index in [1.807, 2.05) is 0 Å². The number of halogens is 1. The molecule has 1 aromatic heterocycles. The maximum Gasteiger partial charge on any atom is 0.246 e. The van der Waals surface area contributed by atoms with E-state index < -0.39 is 17.4 Å². The Bertz CT molecular complexity index is 897. The van der Waals surface area contributed by atoms with Gasteiger partial charge in [0.2, 0.25) is 23.2 Å². The largest absolute Gasteiger partial charge is 0.432 e. The number of allylic oxidation sites excluding steroid dienone is 2. The van der Waals surface area contributed by atoms with Gasteiger partial charge in [0.1, 0.15) is 5.82 Å². The number of ketones is 2. The highest BCUT2D eigenvalue weighted by molar-refractivity contribution is 6.22. The van der Waals surface area contributed by atoms with Gasteiger partial charge in [0, 0.05) is 19.2 Å². The predicted octanol–water partition coefficient (Wildman–Crippen LogP) is 2.43. The third-order valence-electron chi connectivity index (χ3n) is 4.63. The Kier molecular flexibility index (Phi) is 4.38. The zero-order valence-corrected chi connectivity index (χ0v) is 14.1. The number of carbonyl (C=O) groups excluding carboxylic acids is 2. The van der Waals surface area contributed by atoms with Gasteiger partial charge in [0.15, 0.2) is 5.69 Å². The number of benzene rings is 1. The molecule has 26 heavy (non-hydrogen) atoms. The third-order valence-corrected chi connectivity index (χ3v) is 4.63. The lowest BCUT2D eigenvalue weighted by Crippen LogP contribution is -2.33. The van der Waals surface area contributed by atoms with Gasteiger partial charge in [-0.25, -0.2) is 9.37 Å². The van der Waals surface area contributed by atoms with Crippen molar-refractivity contribution in [2.75, 3.05) is 26.2 Å². The van der Waals surface area contributed by atoms with Gasteiger partial charge >= 0.3 is 0 Å². The first-order valence-corrected chi connectivity index (χ1v) is 8.66. The number of carbonyl (C=O) groups is 2. The quantitative estimate of drug-likeness (QED) is 0.888. The highest BCUT2D eigenvalue weighted by Gasteiger charge is 2.32. The van der Waals surface area contributed by atoms with Crippen molar-refractivity contribution in [3.8, 4) is 11.5 Å². The van der Waals surface area contributed by atoms with Crippen LogP contribution in [0, 0.1) is 5.82 Å². The van der Waals surface area contributed by atoms with Crippen LogP contribution in [0.15, 0.2) is 40.5 Å². The van der Waals surface area contributed by atoms with Gasteiger partial charge in [0.05, 0.1) is 11.3 Å². The summed E-state index contributed by atoms with van der Waals surface area (Å²) in [7, 11) is 0. The fourth-order valence-electron chi connectivity index (χ4n) is 3.26. The number of nitrogens with zero attached hydrogens (tertiary/aromatic N) is 2. The molecular weight excluding hydrogens is 337 g/mol. The lowest BCUT2D eigenvalue weighted by Gasteiger charge is -2.17. The zero-order valence-electron chi connectivity index (χ0n) is 14.1. The van der Waals surface area contributed by atoms with Crippen molar-refractivity contribution in [3.05, 3.63) is 53.3 Å². The minimum atomic E-state index is -0.525. The number of hydrogen-bond donors (Lipinski definition) is 1. The number of hydrogen-bond acceptors (Lipinski definition) is 6. The topological polar surface area (TPSA) is 75.4 Å². The molecule has 4 rings (SSSR count). The SMILES string of the molecule is O=C1C=C(NCCN2CCCC2)C(=O)c2oc(-c3ccccc3F)nc21. The van der Waals surface area contributed by atoms with E-state index in [9.17, 15) is 14.0 Å². The van der Waals surface area contributed by atoms with E-state index in [4.69, 9.17) is 4.42 Å². The average molecular weight is 355 g/mol. The molecule has 1 aliphatic heterocycles. The van der Waals surface area contributed by atoms with E-state index in [1.165, 1.54) is 31.1 Å². The Morgan fingerprint density at radius 1 is 1.19 bits per heavy atom. The van der Waals surface area contributed by atoms with Gasteiger partial charge in [-0.15, -0.1) is 0 Å². The number of oxazole rings is 1. The summed E-state index contributed by atoms with van der Waals surface area (Å²) in [5.41, 5.74) is 0.238. The van der Waals surface area contributed by atoms with Crippen molar-refractivity contribution >= 4 is 11.6 Å². The summed E-state index contributed by atoms with van der Waals surface area (Å²) < 4.78 is 19.4. The summed E-state index contributed by atoms with van der Waals surface area (Å²) in [6.45, 7) is 3.49. The Balaban J connectivity index is 1.52. The summed E-state index contributed by atoms with van der Waals surface area (Å²) in [4.78, 5) is 31.2. The molecule has 0 atom stereocenters. The maximum atomic E-state index is 13.9. The first-order valence-electron chi connectivity index (χ1n) is 8.66. The first kappa shape index (κ1) is 16.7. The molecule has 0 amide bonds. The van der Waals surface area contributed by atoms with Crippen LogP contribution in [0.4, 0.5) is 4.39 Å². The molecule has 7 heteroatoms. The Labute approximate surface area is 149 Å². The molecule has 0 spiro atoms. The van der Waals surface area contributed by atoms with E-state index in [0.717, 1.165) is 19.6 Å². The lowest BCUT2D eigenvalue weighted by atomic mass is 10.0. The number of rotatable bonds is 5. The van der Waals surface area contributed by atoms with Crippen LogP contribution in [-0.4, -0.2) is 47.6 Å². The summed E-state index contributed by atoms with van der Waals surface area (Å²) >= 11 is 0. The molecule has 0 unspecified atom stereocenters. The van der Waals surface area contributed by atoms with Gasteiger partial charge in [-0.05, 0) is 38.1 Å². The first-order chi connectivity index (χ1) is 12.6. The monoisotopic (exact) mass is 355 g/mol. The van der Waals surface area contributed by atoms with Crippen LogP contribution in [-0.2, 0) is 0 Å². The molecule has 6 nitrogen and oxygen atoms in total. The molecule has 0 saturated carbocycles. The minimum absolute atomic E-state index is 0.0680. The standard InChI is InChI=1S/C19H18FN3O3/c20-13-6-2-1-5-12(13)19-22-16-15(24)11-14(17(25)18(16)26-19)21-7-10-23-8-3-4-9-23/h1-2,5-6,11,21H,3-4,7-10H2. The Hall–Kier alpha value is -2.80. The van der Waals surface area contributed by atoms with Crippen LogP contribution in [0.1, 0.15) is 33.9 Å². The van der Waals surface area contributed by atoms with Crippen molar-refractivity contribution in [2.24, 2.45) is 0 Å². The number of likely N-dealkylation sites (tertiary alicyclic amines) is 1. The van der Waals surface area contributed by atoms with Crippen LogP contribution >= 0.6 is 0 Å². The second-order valence-electron chi connectivity index (χ2n) is 6.40. The van der Waals surface area contributed by atoms with Gasteiger partial charge in [0.25, 0.3) is 0 Å². The van der Waals surface area contributed by atoms with Crippen molar-refractivity contribution in [1.29, 1.82) is 0 Å². The van der Waals surface area contributed by atoms with Gasteiger partial charge in [-0.2, -0.15) is 0 Å². The molecule has 2 aromatic rings. The molecule has 1 aliphatic carbocycles. The van der Waals surface area contributed by atoms with Crippen LogP contribution < -0.4 is 5.32 Å². The summed E-state index contributed by atoms with van der Waals surface area (Å²) in [5.74, 6) is -1.59. The van der Waals surface area contributed by atoms with Crippen LogP contribution in [0.25, 0.3) is 11.5 Å². The van der Waals surface area contributed by atoms with Crippen LogP contribution in [0.5, 0.6) is 0 Å². The molecule has 1 saturated heterocycles. The highest BCUT2D eigenvalue weighted by atomic mass is 19.1. The van der Waals surface area contributed by atoms with Crippen LogP contribution in [0.2, 0.25) is 0 Å². The van der Waals surface area contributed by atoms with Crippen molar-refractivity contribution < 1.29 is 18.4 Å². The molecule has 0 bridgehead atoms. The molecule has 134 valence electrons. The summed E-state index contributed by atoms with van der Waals surface area (Å²) in [5, 5.41) is 3.02. The van der Waals surface area contributed by atoms with Gasteiger partial charge in [-0.3, -0.25) is 9.59 Å². The van der Waals surface area contributed by atoms with E-state index in [2.05, 4.69) is 15.2 Å². The number of aromatic nitrogens is 1.